The molecule has 2 N–H and O–H groups in total. The van der Waals surface area contributed by atoms with Crippen molar-refractivity contribution in [1.82, 2.24) is 0 Å². The Morgan fingerprint density at radius 1 is 1.00 bits per heavy atom. The maximum atomic E-state index is 6.04. The molecule has 118 valence electrons. The van der Waals surface area contributed by atoms with E-state index in [1.54, 1.807) is 7.11 Å². The van der Waals surface area contributed by atoms with Crippen LogP contribution in [0.25, 0.3) is 0 Å². The largest absolute Gasteiger partial charge is 0.497 e. The van der Waals surface area contributed by atoms with Crippen LogP contribution in [0.1, 0.15) is 24.5 Å². The summed E-state index contributed by atoms with van der Waals surface area (Å²) in [5, 5.41) is 3.57. The smallest absolute Gasteiger partial charge is 0.118 e. The molecule has 0 unspecified atom stereocenters. The highest BCUT2D eigenvalue weighted by Crippen LogP contribution is 2.22. The standard InChI is InChI=1S/C18H21Cl2NO/c1-13(3-4-14-5-8-16(22-2)9-6-14)21-12-15-7-10-17(19)18(20)11-15/h5-11,13,21H,3-4,12H2,1-2H3/p+1/t13-/m0/s1. The Kier molecular flexibility index (Phi) is 6.56. The summed E-state index contributed by atoms with van der Waals surface area (Å²) in [5.74, 6) is 0.906. The van der Waals surface area contributed by atoms with Crippen LogP contribution in [0, 0.1) is 0 Å². The molecular formula is C18H22Cl2NO+. The third-order valence-corrected chi connectivity index (χ3v) is 4.53. The molecule has 2 rings (SSSR count). The number of nitrogens with two attached hydrogens (primary N) is 1. The van der Waals surface area contributed by atoms with Crippen molar-refractivity contribution < 1.29 is 10.1 Å². The zero-order valence-corrected chi connectivity index (χ0v) is 14.5. The number of quaternary nitrogens is 1. The number of ether oxygens (including phenoxy) is 1. The SMILES string of the molecule is COc1ccc(CC[C@H](C)[NH2+]Cc2ccc(Cl)c(Cl)c2)cc1. The molecule has 2 aromatic rings. The van der Waals surface area contributed by atoms with E-state index in [0.717, 1.165) is 25.1 Å². The number of hydrogen-bond acceptors (Lipinski definition) is 1. The van der Waals surface area contributed by atoms with Crippen LogP contribution in [-0.4, -0.2) is 13.2 Å². The molecule has 1 atom stereocenters. The molecule has 0 saturated heterocycles. The first kappa shape index (κ1) is 17.1. The number of benzene rings is 2. The molecule has 4 heteroatoms. The van der Waals surface area contributed by atoms with Crippen molar-refractivity contribution in [2.45, 2.75) is 32.4 Å². The van der Waals surface area contributed by atoms with Gasteiger partial charge in [-0.2, -0.15) is 0 Å². The van der Waals surface area contributed by atoms with Crippen LogP contribution in [0.4, 0.5) is 0 Å². The van der Waals surface area contributed by atoms with Gasteiger partial charge in [0.15, 0.2) is 0 Å². The Morgan fingerprint density at radius 3 is 2.32 bits per heavy atom. The molecular weight excluding hydrogens is 317 g/mol. The highest BCUT2D eigenvalue weighted by molar-refractivity contribution is 6.42. The van der Waals surface area contributed by atoms with Gasteiger partial charge in [-0.15, -0.1) is 0 Å². The maximum absolute atomic E-state index is 6.04. The van der Waals surface area contributed by atoms with Crippen molar-refractivity contribution in [2.75, 3.05) is 7.11 Å². The van der Waals surface area contributed by atoms with Crippen LogP contribution < -0.4 is 10.1 Å². The highest BCUT2D eigenvalue weighted by Gasteiger charge is 2.07. The summed E-state index contributed by atoms with van der Waals surface area (Å²) in [6, 6.07) is 14.7. The van der Waals surface area contributed by atoms with E-state index in [2.05, 4.69) is 24.4 Å². The first-order valence-corrected chi connectivity index (χ1v) is 8.24. The average Bonchev–Trinajstić information content (AvgIpc) is 2.54. The molecule has 0 radical (unpaired) electrons. The summed E-state index contributed by atoms with van der Waals surface area (Å²) in [5.41, 5.74) is 2.54. The van der Waals surface area contributed by atoms with Crippen molar-refractivity contribution in [3.8, 4) is 5.75 Å². The van der Waals surface area contributed by atoms with Crippen LogP contribution in [0.15, 0.2) is 42.5 Å². The number of rotatable bonds is 7. The van der Waals surface area contributed by atoms with Crippen molar-refractivity contribution in [2.24, 2.45) is 0 Å². The topological polar surface area (TPSA) is 25.8 Å². The summed E-state index contributed by atoms with van der Waals surface area (Å²) >= 11 is 12.0. The van der Waals surface area contributed by atoms with Gasteiger partial charge in [0.05, 0.1) is 23.2 Å². The lowest BCUT2D eigenvalue weighted by Crippen LogP contribution is -2.87. The van der Waals surface area contributed by atoms with Crippen LogP contribution in [-0.2, 0) is 13.0 Å². The molecule has 0 aliphatic heterocycles. The van der Waals surface area contributed by atoms with Gasteiger partial charge in [-0.05, 0) is 43.2 Å². The quantitative estimate of drug-likeness (QED) is 0.808. The van der Waals surface area contributed by atoms with E-state index in [0.29, 0.717) is 16.1 Å². The second-order valence-electron chi connectivity index (χ2n) is 5.55. The van der Waals surface area contributed by atoms with E-state index in [9.17, 15) is 0 Å². The second-order valence-corrected chi connectivity index (χ2v) is 6.37. The molecule has 0 spiro atoms. The van der Waals surface area contributed by atoms with Gasteiger partial charge < -0.3 is 10.1 Å². The maximum Gasteiger partial charge on any atom is 0.118 e. The fourth-order valence-corrected chi connectivity index (χ4v) is 2.63. The average molecular weight is 339 g/mol. The first-order valence-electron chi connectivity index (χ1n) is 7.48. The molecule has 0 amide bonds. The van der Waals surface area contributed by atoms with E-state index in [1.807, 2.05) is 30.3 Å². The Bertz CT molecular complexity index is 599. The minimum Gasteiger partial charge on any atom is -0.497 e. The second kappa shape index (κ2) is 8.42. The molecule has 0 aromatic heterocycles. The number of methoxy groups -OCH3 is 1. The monoisotopic (exact) mass is 338 g/mol. The van der Waals surface area contributed by atoms with Gasteiger partial charge in [-0.3, -0.25) is 0 Å². The lowest BCUT2D eigenvalue weighted by atomic mass is 10.1. The van der Waals surface area contributed by atoms with Gasteiger partial charge in [0.2, 0.25) is 0 Å². The minimum absolute atomic E-state index is 0.552. The van der Waals surface area contributed by atoms with Gasteiger partial charge in [-0.25, -0.2) is 0 Å². The Hall–Kier alpha value is -1.22. The summed E-state index contributed by atoms with van der Waals surface area (Å²) in [7, 11) is 1.69. The van der Waals surface area contributed by atoms with Gasteiger partial charge >= 0.3 is 0 Å². The fraction of sp³-hybridized carbons (Fsp3) is 0.333. The normalized spacial score (nSPS) is 12.2. The fourth-order valence-electron chi connectivity index (χ4n) is 2.31. The molecule has 2 nitrogen and oxygen atoms in total. The van der Waals surface area contributed by atoms with Crippen molar-refractivity contribution in [3.05, 3.63) is 63.6 Å². The van der Waals surface area contributed by atoms with Crippen molar-refractivity contribution in [1.29, 1.82) is 0 Å². The van der Waals surface area contributed by atoms with Crippen LogP contribution in [0.2, 0.25) is 10.0 Å². The number of aryl methyl sites for hydroxylation is 1. The van der Waals surface area contributed by atoms with Crippen LogP contribution >= 0.6 is 23.2 Å². The lowest BCUT2D eigenvalue weighted by Gasteiger charge is -2.11. The first-order chi connectivity index (χ1) is 10.6. The Morgan fingerprint density at radius 2 is 1.68 bits per heavy atom. The molecule has 22 heavy (non-hydrogen) atoms. The highest BCUT2D eigenvalue weighted by atomic mass is 35.5. The van der Waals surface area contributed by atoms with Crippen LogP contribution in [0.3, 0.4) is 0 Å². The van der Waals surface area contributed by atoms with E-state index < -0.39 is 0 Å². The number of halogens is 2. The molecule has 0 heterocycles. The minimum atomic E-state index is 0.552. The van der Waals surface area contributed by atoms with E-state index in [-0.39, 0.29) is 0 Å². The van der Waals surface area contributed by atoms with Gasteiger partial charge in [0.25, 0.3) is 0 Å². The lowest BCUT2D eigenvalue weighted by molar-refractivity contribution is -0.701. The number of hydrogen-bond donors (Lipinski definition) is 1. The van der Waals surface area contributed by atoms with Gasteiger partial charge in [-0.1, -0.05) is 41.4 Å². The molecule has 0 saturated carbocycles. The Balaban J connectivity index is 1.77. The van der Waals surface area contributed by atoms with Crippen molar-refractivity contribution >= 4 is 23.2 Å². The Labute approximate surface area is 142 Å². The molecule has 0 aliphatic carbocycles. The molecule has 0 bridgehead atoms. The summed E-state index contributed by atoms with van der Waals surface area (Å²) in [6.45, 7) is 3.17. The zero-order valence-electron chi connectivity index (χ0n) is 13.0. The van der Waals surface area contributed by atoms with E-state index >= 15 is 0 Å². The third kappa shape index (κ3) is 5.20. The van der Waals surface area contributed by atoms with Crippen molar-refractivity contribution in [3.63, 3.8) is 0 Å². The van der Waals surface area contributed by atoms with Gasteiger partial charge in [0.1, 0.15) is 12.3 Å². The predicted molar refractivity (Wildman–Crippen MR) is 92.9 cm³/mol. The van der Waals surface area contributed by atoms with E-state index in [1.165, 1.54) is 11.1 Å². The van der Waals surface area contributed by atoms with Crippen LogP contribution in [0.5, 0.6) is 5.75 Å². The summed E-state index contributed by atoms with van der Waals surface area (Å²) < 4.78 is 5.17. The van der Waals surface area contributed by atoms with Gasteiger partial charge in [0, 0.05) is 12.0 Å². The summed E-state index contributed by atoms with van der Waals surface area (Å²) in [4.78, 5) is 0. The molecule has 2 aromatic carbocycles. The molecule has 0 fully saturated rings. The zero-order chi connectivity index (χ0) is 15.9. The predicted octanol–water partition coefficient (Wildman–Crippen LogP) is 4.09. The van der Waals surface area contributed by atoms with E-state index in [4.69, 9.17) is 27.9 Å². The molecule has 0 aliphatic rings. The summed E-state index contributed by atoms with van der Waals surface area (Å²) in [6.07, 6.45) is 2.21. The third-order valence-electron chi connectivity index (χ3n) is 3.79.